The molecule has 2 N–H and O–H groups in total. The Labute approximate surface area is 143 Å². The first-order chi connectivity index (χ1) is 10.8. The average Bonchev–Trinajstić information content (AvgIpc) is 2.46. The van der Waals surface area contributed by atoms with E-state index in [1.54, 1.807) is 0 Å². The molecule has 0 bridgehead atoms. The molecule has 1 fully saturated rings. The Hall–Kier alpha value is -0.770. The first kappa shape index (κ1) is 20.3. The van der Waals surface area contributed by atoms with Crippen LogP contribution in [-0.2, 0) is 4.74 Å². The molecule has 0 aromatic heterocycles. The second-order valence-electron chi connectivity index (χ2n) is 8.19. The third kappa shape index (κ3) is 9.19. The van der Waals surface area contributed by atoms with Gasteiger partial charge in [0.15, 0.2) is 0 Å². The molecule has 0 spiro atoms. The Balaban J connectivity index is 2.48. The number of amides is 1. The predicted octanol–water partition coefficient (Wildman–Crippen LogP) is 4.49. The van der Waals surface area contributed by atoms with Crippen LogP contribution in [-0.4, -0.2) is 30.8 Å². The van der Waals surface area contributed by atoms with Gasteiger partial charge in [0.2, 0.25) is 0 Å². The largest absolute Gasteiger partial charge is 0.444 e. The number of nitrogens with one attached hydrogen (secondary N) is 2. The molecule has 1 saturated carbocycles. The van der Waals surface area contributed by atoms with E-state index in [1.165, 1.54) is 44.9 Å². The first-order valence-corrected chi connectivity index (χ1v) is 9.52. The molecular formula is C19H38N2O2. The summed E-state index contributed by atoms with van der Waals surface area (Å²) in [5, 5.41) is 6.69. The number of hydrogen-bond donors (Lipinski definition) is 2. The molecule has 0 aliphatic heterocycles. The Bertz CT molecular complexity index is 333. The Morgan fingerprint density at radius 3 is 2.39 bits per heavy atom. The lowest BCUT2D eigenvalue weighted by atomic mass is 9.83. The van der Waals surface area contributed by atoms with Crippen molar-refractivity contribution in [2.75, 3.05) is 13.1 Å². The molecule has 4 heteroatoms. The summed E-state index contributed by atoms with van der Waals surface area (Å²) in [5.41, 5.74) is -0.437. The van der Waals surface area contributed by atoms with Crippen LogP contribution in [0.2, 0.25) is 0 Å². The highest BCUT2D eigenvalue weighted by Crippen LogP contribution is 2.26. The van der Waals surface area contributed by atoms with Gasteiger partial charge in [-0.2, -0.15) is 0 Å². The van der Waals surface area contributed by atoms with Crippen LogP contribution in [0.3, 0.4) is 0 Å². The summed E-state index contributed by atoms with van der Waals surface area (Å²) in [4.78, 5) is 11.9. The quantitative estimate of drug-likeness (QED) is 0.691. The highest BCUT2D eigenvalue weighted by atomic mass is 16.6. The fourth-order valence-corrected chi connectivity index (χ4v) is 3.40. The van der Waals surface area contributed by atoms with E-state index in [2.05, 4.69) is 24.5 Å². The van der Waals surface area contributed by atoms with Crippen molar-refractivity contribution < 1.29 is 9.53 Å². The van der Waals surface area contributed by atoms with Crippen molar-refractivity contribution in [3.05, 3.63) is 0 Å². The van der Waals surface area contributed by atoms with Gasteiger partial charge in [0, 0.05) is 12.6 Å². The van der Waals surface area contributed by atoms with E-state index in [1.807, 2.05) is 20.8 Å². The van der Waals surface area contributed by atoms with Crippen molar-refractivity contribution in [2.45, 2.75) is 91.2 Å². The molecule has 23 heavy (non-hydrogen) atoms. The summed E-state index contributed by atoms with van der Waals surface area (Å²) >= 11 is 0. The van der Waals surface area contributed by atoms with Gasteiger partial charge in [-0.05, 0) is 58.4 Å². The van der Waals surface area contributed by atoms with Crippen LogP contribution in [0.1, 0.15) is 79.6 Å². The molecule has 1 amide bonds. The average molecular weight is 327 g/mol. The molecule has 0 saturated heterocycles. The Morgan fingerprint density at radius 1 is 1.17 bits per heavy atom. The Kier molecular flexibility index (Phi) is 8.96. The predicted molar refractivity (Wildman–Crippen MR) is 96.7 cm³/mol. The SMILES string of the molecule is CCCC(C)CNC(CNC(=O)OC(C)(C)C)C1CCCCC1. The van der Waals surface area contributed by atoms with E-state index >= 15 is 0 Å². The lowest BCUT2D eigenvalue weighted by molar-refractivity contribution is 0.0515. The van der Waals surface area contributed by atoms with Gasteiger partial charge in [-0.3, -0.25) is 0 Å². The summed E-state index contributed by atoms with van der Waals surface area (Å²) in [6, 6.07) is 0.363. The molecule has 1 aliphatic rings. The molecule has 1 rings (SSSR count). The summed E-state index contributed by atoms with van der Waals surface area (Å²) in [6.07, 6.45) is 8.72. The second kappa shape index (κ2) is 10.2. The summed E-state index contributed by atoms with van der Waals surface area (Å²) < 4.78 is 5.36. The number of carbonyl (C=O) groups excluding carboxylic acids is 1. The minimum Gasteiger partial charge on any atom is -0.444 e. The zero-order chi connectivity index (χ0) is 17.3. The van der Waals surface area contributed by atoms with Crippen LogP contribution in [0.4, 0.5) is 4.79 Å². The summed E-state index contributed by atoms with van der Waals surface area (Å²) in [6.45, 7) is 11.9. The number of rotatable bonds is 8. The van der Waals surface area contributed by atoms with E-state index in [-0.39, 0.29) is 6.09 Å². The fraction of sp³-hybridized carbons (Fsp3) is 0.947. The molecular weight excluding hydrogens is 288 g/mol. The van der Waals surface area contributed by atoms with Crippen molar-refractivity contribution in [3.63, 3.8) is 0 Å². The Morgan fingerprint density at radius 2 is 1.83 bits per heavy atom. The second-order valence-corrected chi connectivity index (χ2v) is 8.19. The van der Waals surface area contributed by atoms with Crippen LogP contribution in [0, 0.1) is 11.8 Å². The zero-order valence-corrected chi connectivity index (χ0v) is 15.9. The molecule has 0 heterocycles. The molecule has 0 radical (unpaired) electrons. The smallest absolute Gasteiger partial charge is 0.407 e. The molecule has 0 aromatic rings. The maximum Gasteiger partial charge on any atom is 0.407 e. The third-order valence-electron chi connectivity index (χ3n) is 4.59. The molecule has 0 aromatic carbocycles. The van der Waals surface area contributed by atoms with Gasteiger partial charge in [-0.25, -0.2) is 4.79 Å². The van der Waals surface area contributed by atoms with Gasteiger partial charge < -0.3 is 15.4 Å². The summed E-state index contributed by atoms with van der Waals surface area (Å²) in [5.74, 6) is 1.36. The maximum absolute atomic E-state index is 11.9. The van der Waals surface area contributed by atoms with Crippen molar-refractivity contribution in [1.29, 1.82) is 0 Å². The van der Waals surface area contributed by atoms with Crippen LogP contribution in [0.15, 0.2) is 0 Å². The van der Waals surface area contributed by atoms with E-state index in [0.717, 1.165) is 6.54 Å². The van der Waals surface area contributed by atoms with Crippen molar-refractivity contribution in [3.8, 4) is 0 Å². The van der Waals surface area contributed by atoms with Gasteiger partial charge >= 0.3 is 6.09 Å². The van der Waals surface area contributed by atoms with Crippen LogP contribution in [0.5, 0.6) is 0 Å². The zero-order valence-electron chi connectivity index (χ0n) is 15.9. The highest BCUT2D eigenvalue weighted by Gasteiger charge is 2.25. The normalized spacial score (nSPS) is 19.2. The topological polar surface area (TPSA) is 50.4 Å². The monoisotopic (exact) mass is 326 g/mol. The first-order valence-electron chi connectivity index (χ1n) is 9.52. The van der Waals surface area contributed by atoms with Gasteiger partial charge in [0.25, 0.3) is 0 Å². The molecule has 4 nitrogen and oxygen atoms in total. The minimum absolute atomic E-state index is 0.304. The minimum atomic E-state index is -0.437. The van der Waals surface area contributed by atoms with Gasteiger partial charge in [-0.15, -0.1) is 0 Å². The van der Waals surface area contributed by atoms with E-state index in [9.17, 15) is 4.79 Å². The standard InChI is InChI=1S/C19H38N2O2/c1-6-10-15(2)13-20-17(16-11-8-7-9-12-16)14-21-18(22)23-19(3,4)5/h15-17,20H,6-14H2,1-5H3,(H,21,22). The van der Waals surface area contributed by atoms with Crippen molar-refractivity contribution in [2.24, 2.45) is 11.8 Å². The number of alkyl carbamates (subject to hydrolysis) is 1. The number of hydrogen-bond acceptors (Lipinski definition) is 3. The van der Waals surface area contributed by atoms with Crippen LogP contribution < -0.4 is 10.6 Å². The van der Waals surface area contributed by atoms with Gasteiger partial charge in [-0.1, -0.05) is 39.5 Å². The number of carbonyl (C=O) groups is 1. The van der Waals surface area contributed by atoms with E-state index in [4.69, 9.17) is 4.74 Å². The van der Waals surface area contributed by atoms with Crippen LogP contribution in [0.25, 0.3) is 0 Å². The molecule has 2 unspecified atom stereocenters. The highest BCUT2D eigenvalue weighted by molar-refractivity contribution is 5.67. The third-order valence-corrected chi connectivity index (χ3v) is 4.59. The van der Waals surface area contributed by atoms with E-state index in [0.29, 0.717) is 24.4 Å². The molecule has 2 atom stereocenters. The van der Waals surface area contributed by atoms with Crippen molar-refractivity contribution in [1.82, 2.24) is 10.6 Å². The fourth-order valence-electron chi connectivity index (χ4n) is 3.40. The molecule has 136 valence electrons. The lowest BCUT2D eigenvalue weighted by Crippen LogP contribution is -2.48. The van der Waals surface area contributed by atoms with Crippen molar-refractivity contribution >= 4 is 6.09 Å². The van der Waals surface area contributed by atoms with Crippen LogP contribution >= 0.6 is 0 Å². The van der Waals surface area contributed by atoms with E-state index < -0.39 is 5.60 Å². The number of ether oxygens (including phenoxy) is 1. The van der Waals surface area contributed by atoms with Gasteiger partial charge in [0.1, 0.15) is 5.60 Å². The lowest BCUT2D eigenvalue weighted by Gasteiger charge is -2.32. The maximum atomic E-state index is 11.9. The van der Waals surface area contributed by atoms with Gasteiger partial charge in [0.05, 0.1) is 0 Å². The summed E-state index contributed by atoms with van der Waals surface area (Å²) in [7, 11) is 0. The molecule has 1 aliphatic carbocycles.